The molecule has 2 aromatic rings. The number of hydrogen-bond donors (Lipinski definition) is 1. The summed E-state index contributed by atoms with van der Waals surface area (Å²) < 4.78 is 10.4. The summed E-state index contributed by atoms with van der Waals surface area (Å²) in [4.78, 5) is 23.1. The lowest BCUT2D eigenvalue weighted by Gasteiger charge is -2.05. The minimum absolute atomic E-state index is 0.0769. The van der Waals surface area contributed by atoms with E-state index in [1.54, 1.807) is 61.9 Å². The number of hydrogen-bond acceptors (Lipinski definition) is 7. The fourth-order valence-electron chi connectivity index (χ4n) is 2.04. The van der Waals surface area contributed by atoms with Crippen LogP contribution in [0.25, 0.3) is 0 Å². The Hall–Kier alpha value is -3.13. The maximum absolute atomic E-state index is 12.1. The molecule has 7 nitrogen and oxygen atoms in total. The minimum Gasteiger partial charge on any atom is -0.497 e. The summed E-state index contributed by atoms with van der Waals surface area (Å²) >= 11 is 1.31. The molecule has 0 atom stereocenters. The third-order valence-electron chi connectivity index (χ3n) is 3.36. The molecule has 0 saturated carbocycles. The van der Waals surface area contributed by atoms with Gasteiger partial charge in [-0.2, -0.15) is 5.10 Å². The van der Waals surface area contributed by atoms with E-state index in [-0.39, 0.29) is 5.91 Å². The first kappa shape index (κ1) is 17.7. The molecule has 3 rings (SSSR count). The SMILES string of the molecule is COc1ccc(C(=O)Oc2ccc(C=NN=C3NC(=O)CS3)cc2)cc1. The highest BCUT2D eigenvalue weighted by molar-refractivity contribution is 8.15. The third-order valence-corrected chi connectivity index (χ3v) is 4.22. The van der Waals surface area contributed by atoms with Gasteiger partial charge in [-0.05, 0) is 54.1 Å². The molecule has 0 bridgehead atoms. The second-order valence-electron chi connectivity index (χ2n) is 5.17. The van der Waals surface area contributed by atoms with Crippen LogP contribution >= 0.6 is 11.8 Å². The number of thioether (sulfide) groups is 1. The average Bonchev–Trinajstić information content (AvgIpc) is 3.08. The number of methoxy groups -OCH3 is 1. The molecule has 0 spiro atoms. The molecule has 1 aliphatic rings. The smallest absolute Gasteiger partial charge is 0.343 e. The van der Waals surface area contributed by atoms with Crippen LogP contribution in [-0.4, -0.2) is 36.1 Å². The summed E-state index contributed by atoms with van der Waals surface area (Å²) in [5, 5.41) is 10.9. The molecule has 1 aliphatic heterocycles. The van der Waals surface area contributed by atoms with Gasteiger partial charge in [0.2, 0.25) is 5.91 Å². The topological polar surface area (TPSA) is 89.3 Å². The molecule has 1 amide bonds. The lowest BCUT2D eigenvalue weighted by Crippen LogP contribution is -2.19. The van der Waals surface area contributed by atoms with E-state index in [0.717, 1.165) is 5.56 Å². The van der Waals surface area contributed by atoms with E-state index >= 15 is 0 Å². The minimum atomic E-state index is -0.450. The quantitative estimate of drug-likeness (QED) is 0.378. The predicted molar refractivity (Wildman–Crippen MR) is 100 cm³/mol. The van der Waals surface area contributed by atoms with Gasteiger partial charge in [0.05, 0.1) is 24.6 Å². The fraction of sp³-hybridized carbons (Fsp3) is 0.111. The first-order valence-corrected chi connectivity index (χ1v) is 8.62. The van der Waals surface area contributed by atoms with E-state index < -0.39 is 5.97 Å². The van der Waals surface area contributed by atoms with Crippen molar-refractivity contribution >= 4 is 35.0 Å². The van der Waals surface area contributed by atoms with Crippen LogP contribution in [0.2, 0.25) is 0 Å². The average molecular weight is 369 g/mol. The van der Waals surface area contributed by atoms with E-state index in [2.05, 4.69) is 15.5 Å². The standard InChI is InChI=1S/C18H15N3O4S/c1-24-14-8-4-13(5-9-14)17(23)25-15-6-2-12(3-7-15)10-19-21-18-20-16(22)11-26-18/h2-10H,11H2,1H3,(H,20,21,22). The molecule has 1 heterocycles. The monoisotopic (exact) mass is 369 g/mol. The van der Waals surface area contributed by atoms with Crippen molar-refractivity contribution in [2.24, 2.45) is 10.2 Å². The van der Waals surface area contributed by atoms with Gasteiger partial charge in [0.1, 0.15) is 11.5 Å². The number of carbonyl (C=O) groups excluding carboxylic acids is 2. The van der Waals surface area contributed by atoms with Gasteiger partial charge in [0.25, 0.3) is 0 Å². The van der Waals surface area contributed by atoms with Crippen LogP contribution in [0.3, 0.4) is 0 Å². The molecule has 8 heteroatoms. The van der Waals surface area contributed by atoms with Crippen LogP contribution in [0.15, 0.2) is 58.7 Å². The number of nitrogens with zero attached hydrogens (tertiary/aromatic N) is 2. The summed E-state index contributed by atoms with van der Waals surface area (Å²) in [6.45, 7) is 0. The summed E-state index contributed by atoms with van der Waals surface area (Å²) in [5.41, 5.74) is 1.22. The number of benzene rings is 2. The normalized spacial score (nSPS) is 15.3. The van der Waals surface area contributed by atoms with E-state index in [1.807, 2.05) is 0 Å². The predicted octanol–water partition coefficient (Wildman–Crippen LogP) is 2.47. The molecule has 26 heavy (non-hydrogen) atoms. The molecule has 0 aromatic heterocycles. The maximum atomic E-state index is 12.1. The van der Waals surface area contributed by atoms with Crippen molar-refractivity contribution in [3.8, 4) is 11.5 Å². The Balaban J connectivity index is 1.58. The molecule has 0 aliphatic carbocycles. The largest absolute Gasteiger partial charge is 0.497 e. The number of amides is 1. The zero-order valence-corrected chi connectivity index (χ0v) is 14.7. The second kappa shape index (κ2) is 8.30. The van der Waals surface area contributed by atoms with E-state index in [0.29, 0.717) is 28.0 Å². The second-order valence-corrected chi connectivity index (χ2v) is 6.14. The highest BCUT2D eigenvalue weighted by Gasteiger charge is 2.15. The lowest BCUT2D eigenvalue weighted by atomic mass is 10.2. The zero-order valence-electron chi connectivity index (χ0n) is 13.8. The Kier molecular flexibility index (Phi) is 5.65. The molecule has 0 radical (unpaired) electrons. The molecular formula is C18H15N3O4S. The first-order valence-electron chi connectivity index (χ1n) is 7.64. The summed E-state index contributed by atoms with van der Waals surface area (Å²) in [6.07, 6.45) is 1.55. The molecule has 1 N–H and O–H groups in total. The van der Waals surface area contributed by atoms with Crippen LogP contribution in [0.1, 0.15) is 15.9 Å². The number of esters is 1. The van der Waals surface area contributed by atoms with Crippen molar-refractivity contribution in [3.63, 3.8) is 0 Å². The van der Waals surface area contributed by atoms with Crippen LogP contribution in [0, 0.1) is 0 Å². The van der Waals surface area contributed by atoms with E-state index in [9.17, 15) is 9.59 Å². The highest BCUT2D eigenvalue weighted by atomic mass is 32.2. The summed E-state index contributed by atoms with van der Waals surface area (Å²) in [7, 11) is 1.56. The van der Waals surface area contributed by atoms with Gasteiger partial charge in [-0.3, -0.25) is 4.79 Å². The van der Waals surface area contributed by atoms with Crippen molar-refractivity contribution < 1.29 is 19.1 Å². The number of rotatable bonds is 5. The Morgan fingerprint density at radius 3 is 2.42 bits per heavy atom. The Morgan fingerprint density at radius 1 is 1.12 bits per heavy atom. The van der Waals surface area contributed by atoms with E-state index in [4.69, 9.17) is 9.47 Å². The van der Waals surface area contributed by atoms with Crippen LogP contribution < -0.4 is 14.8 Å². The van der Waals surface area contributed by atoms with Crippen molar-refractivity contribution in [1.82, 2.24) is 5.32 Å². The third kappa shape index (κ3) is 4.70. The fourth-order valence-corrected chi connectivity index (χ4v) is 2.67. The van der Waals surface area contributed by atoms with Gasteiger partial charge in [0, 0.05) is 0 Å². The van der Waals surface area contributed by atoms with Gasteiger partial charge in [-0.1, -0.05) is 11.8 Å². The van der Waals surface area contributed by atoms with Crippen LogP contribution in [0.4, 0.5) is 0 Å². The Morgan fingerprint density at radius 2 is 1.81 bits per heavy atom. The number of carbonyl (C=O) groups is 2. The van der Waals surface area contributed by atoms with Gasteiger partial charge in [0.15, 0.2) is 5.17 Å². The van der Waals surface area contributed by atoms with Crippen molar-refractivity contribution in [1.29, 1.82) is 0 Å². The molecule has 1 saturated heterocycles. The zero-order chi connectivity index (χ0) is 18.4. The summed E-state index contributed by atoms with van der Waals surface area (Å²) in [5.74, 6) is 0.932. The van der Waals surface area contributed by atoms with Crippen LogP contribution in [-0.2, 0) is 4.79 Å². The van der Waals surface area contributed by atoms with E-state index in [1.165, 1.54) is 11.8 Å². The molecule has 1 fully saturated rings. The Labute approximate surface area is 154 Å². The van der Waals surface area contributed by atoms with Crippen molar-refractivity contribution in [2.45, 2.75) is 0 Å². The van der Waals surface area contributed by atoms with Gasteiger partial charge in [-0.15, -0.1) is 5.10 Å². The van der Waals surface area contributed by atoms with Crippen molar-refractivity contribution in [2.75, 3.05) is 12.9 Å². The van der Waals surface area contributed by atoms with Crippen molar-refractivity contribution in [3.05, 3.63) is 59.7 Å². The summed E-state index contributed by atoms with van der Waals surface area (Å²) in [6, 6.07) is 13.5. The maximum Gasteiger partial charge on any atom is 0.343 e. The Bertz CT molecular complexity index is 861. The van der Waals surface area contributed by atoms with Gasteiger partial charge < -0.3 is 14.8 Å². The molecule has 132 valence electrons. The highest BCUT2D eigenvalue weighted by Crippen LogP contribution is 2.16. The number of amidine groups is 1. The number of ether oxygens (including phenoxy) is 2. The van der Waals surface area contributed by atoms with Gasteiger partial charge in [-0.25, -0.2) is 4.79 Å². The lowest BCUT2D eigenvalue weighted by molar-refractivity contribution is -0.116. The number of nitrogens with one attached hydrogen (secondary N) is 1. The molecule has 2 aromatic carbocycles. The van der Waals surface area contributed by atoms with Crippen LogP contribution in [0.5, 0.6) is 11.5 Å². The first-order chi connectivity index (χ1) is 12.6. The molecular weight excluding hydrogens is 354 g/mol. The molecule has 0 unspecified atom stereocenters. The van der Waals surface area contributed by atoms with Gasteiger partial charge >= 0.3 is 5.97 Å².